The lowest BCUT2D eigenvalue weighted by atomic mass is 9.95. The average molecular weight is 470 g/mol. The van der Waals surface area contributed by atoms with E-state index in [4.69, 9.17) is 9.97 Å². The van der Waals surface area contributed by atoms with Crippen molar-refractivity contribution in [2.24, 2.45) is 0 Å². The van der Waals surface area contributed by atoms with Crippen LogP contribution in [-0.4, -0.2) is 24.9 Å². The molecule has 5 nitrogen and oxygen atoms in total. The van der Waals surface area contributed by atoms with Crippen molar-refractivity contribution in [1.29, 1.82) is 0 Å². The van der Waals surface area contributed by atoms with Crippen molar-refractivity contribution in [2.75, 3.05) is 0 Å². The third kappa shape index (κ3) is 3.05. The maximum atomic E-state index is 4.94. The van der Waals surface area contributed by atoms with Gasteiger partial charge in [0, 0.05) is 40.4 Å². The first-order valence-corrected chi connectivity index (χ1v) is 12.6. The molecule has 0 saturated carbocycles. The Kier molecular flexibility index (Phi) is 4.46. The zero-order chi connectivity index (χ0) is 24.6. The van der Waals surface area contributed by atoms with Crippen molar-refractivity contribution in [1.82, 2.24) is 24.9 Å². The highest BCUT2D eigenvalue weighted by Crippen LogP contribution is 2.37. The molecule has 0 fully saturated rings. The molecule has 0 radical (unpaired) electrons. The van der Waals surface area contributed by atoms with Gasteiger partial charge in [-0.2, -0.15) is 0 Å². The number of benzene rings is 4. The molecule has 7 rings (SSSR count). The first-order chi connectivity index (χ1) is 17.5. The van der Waals surface area contributed by atoms with Crippen molar-refractivity contribution in [2.45, 2.75) is 39.5 Å². The van der Waals surface area contributed by atoms with Crippen LogP contribution in [0.1, 0.15) is 51.2 Å². The monoisotopic (exact) mass is 469 g/mol. The Morgan fingerprint density at radius 2 is 1.33 bits per heavy atom. The number of H-pyrrole nitrogens is 2. The molecule has 0 unspecified atom stereocenters. The van der Waals surface area contributed by atoms with Crippen LogP contribution in [0.15, 0.2) is 67.0 Å². The molecule has 36 heavy (non-hydrogen) atoms. The van der Waals surface area contributed by atoms with Gasteiger partial charge in [0.1, 0.15) is 11.6 Å². The largest absolute Gasteiger partial charge is 0.341 e. The molecule has 0 saturated heterocycles. The second-order valence-corrected chi connectivity index (χ2v) is 10.4. The van der Waals surface area contributed by atoms with E-state index in [1.165, 1.54) is 38.1 Å². The smallest absolute Gasteiger partial charge is 0.109 e. The molecule has 0 aliphatic carbocycles. The van der Waals surface area contributed by atoms with E-state index in [0.29, 0.717) is 11.8 Å². The Morgan fingerprint density at radius 3 is 2.14 bits per heavy atom. The van der Waals surface area contributed by atoms with Crippen molar-refractivity contribution >= 4 is 54.4 Å². The van der Waals surface area contributed by atoms with E-state index in [0.717, 1.165) is 39.1 Å². The number of hydrogen-bond donors (Lipinski definition) is 2. The van der Waals surface area contributed by atoms with Gasteiger partial charge in [-0.1, -0.05) is 58.0 Å². The second-order valence-electron chi connectivity index (χ2n) is 10.4. The topological polar surface area (TPSA) is 70.2 Å². The number of nitrogens with one attached hydrogen (secondary N) is 2. The summed E-state index contributed by atoms with van der Waals surface area (Å²) in [6.45, 7) is 8.66. The SMILES string of the molecule is CC(C)c1nc2ccc3cc(-c4ccc5c(c4)c4ccncc4c4nc(C(C)C)[nH]c54)ccc3c2[nH]1. The lowest BCUT2D eigenvalue weighted by Gasteiger charge is -2.10. The fourth-order valence-electron chi connectivity index (χ4n) is 5.32. The summed E-state index contributed by atoms with van der Waals surface area (Å²) >= 11 is 0. The zero-order valence-corrected chi connectivity index (χ0v) is 20.8. The Morgan fingerprint density at radius 1 is 0.611 bits per heavy atom. The van der Waals surface area contributed by atoms with Crippen LogP contribution >= 0.6 is 0 Å². The van der Waals surface area contributed by atoms with Crippen LogP contribution in [0, 0.1) is 0 Å². The summed E-state index contributed by atoms with van der Waals surface area (Å²) in [6, 6.07) is 19.9. The van der Waals surface area contributed by atoms with E-state index < -0.39 is 0 Å². The van der Waals surface area contributed by atoms with Gasteiger partial charge in [0.05, 0.1) is 22.1 Å². The fourth-order valence-corrected chi connectivity index (χ4v) is 5.32. The number of aromatic nitrogens is 5. The van der Waals surface area contributed by atoms with Gasteiger partial charge < -0.3 is 9.97 Å². The summed E-state index contributed by atoms with van der Waals surface area (Å²) in [6.07, 6.45) is 3.80. The summed E-state index contributed by atoms with van der Waals surface area (Å²) in [5, 5.41) is 7.07. The quantitative estimate of drug-likeness (QED) is 0.256. The zero-order valence-electron chi connectivity index (χ0n) is 20.8. The van der Waals surface area contributed by atoms with E-state index in [1.54, 1.807) is 0 Å². The lowest BCUT2D eigenvalue weighted by Crippen LogP contribution is -1.88. The number of aromatic amines is 2. The molecule has 5 heteroatoms. The minimum absolute atomic E-state index is 0.328. The van der Waals surface area contributed by atoms with Gasteiger partial charge in [-0.15, -0.1) is 0 Å². The highest BCUT2D eigenvalue weighted by atomic mass is 14.9. The minimum atomic E-state index is 0.328. The summed E-state index contributed by atoms with van der Waals surface area (Å²) in [5.74, 6) is 2.73. The average Bonchev–Trinajstić information content (AvgIpc) is 3.54. The van der Waals surface area contributed by atoms with Crippen LogP contribution in [0.5, 0.6) is 0 Å². The summed E-state index contributed by atoms with van der Waals surface area (Å²) in [4.78, 5) is 21.3. The normalized spacial score (nSPS) is 12.4. The Labute approximate surface area is 208 Å². The number of nitrogens with zero attached hydrogens (tertiary/aromatic N) is 3. The predicted octanol–water partition coefficient (Wildman–Crippen LogP) is 8.21. The molecule has 0 bridgehead atoms. The Hall–Kier alpha value is -4.25. The van der Waals surface area contributed by atoms with Crippen molar-refractivity contribution < 1.29 is 0 Å². The number of pyridine rings is 1. The molecule has 0 atom stereocenters. The molecular formula is C31H27N5. The highest BCUT2D eigenvalue weighted by molar-refractivity contribution is 6.23. The number of rotatable bonds is 3. The lowest BCUT2D eigenvalue weighted by molar-refractivity contribution is 0.799. The molecule has 176 valence electrons. The van der Waals surface area contributed by atoms with Gasteiger partial charge in [-0.25, -0.2) is 9.97 Å². The molecule has 7 aromatic rings. The molecule has 0 aliphatic heterocycles. The molecule has 0 spiro atoms. The third-order valence-electron chi connectivity index (χ3n) is 7.30. The second kappa shape index (κ2) is 7.62. The maximum absolute atomic E-state index is 4.94. The van der Waals surface area contributed by atoms with Crippen LogP contribution in [0.25, 0.3) is 65.5 Å². The molecule has 3 heterocycles. The van der Waals surface area contributed by atoms with Gasteiger partial charge >= 0.3 is 0 Å². The highest BCUT2D eigenvalue weighted by Gasteiger charge is 2.16. The summed E-state index contributed by atoms with van der Waals surface area (Å²) in [5.41, 5.74) is 6.61. The molecule has 0 amide bonds. The van der Waals surface area contributed by atoms with Crippen LogP contribution in [0.3, 0.4) is 0 Å². The number of hydrogen-bond acceptors (Lipinski definition) is 3. The standard InChI is InChI=1S/C31H27N5/c1-16(2)30-33-26-10-7-20-13-18(5-8-21(20)27(26)34-30)19-6-9-23-24(14-19)22-11-12-32-15-25(22)29-28(23)35-31(36-29)17(3)4/h5-17H,1-4H3,(H,33,34)(H,35,36). The molecule has 3 aromatic heterocycles. The van der Waals surface area contributed by atoms with E-state index in [1.807, 2.05) is 12.4 Å². The molecular weight excluding hydrogens is 442 g/mol. The van der Waals surface area contributed by atoms with E-state index in [-0.39, 0.29) is 0 Å². The van der Waals surface area contributed by atoms with Crippen LogP contribution in [-0.2, 0) is 0 Å². The van der Waals surface area contributed by atoms with Crippen molar-refractivity contribution in [3.8, 4) is 11.1 Å². The molecule has 0 aliphatic rings. The van der Waals surface area contributed by atoms with E-state index in [2.05, 4.69) is 97.2 Å². The number of fused-ring (bicyclic) bond motifs is 9. The first-order valence-electron chi connectivity index (χ1n) is 12.6. The molecule has 4 aromatic carbocycles. The molecule has 2 N–H and O–H groups in total. The fraction of sp³-hybridized carbons (Fsp3) is 0.194. The van der Waals surface area contributed by atoms with Crippen molar-refractivity contribution in [3.63, 3.8) is 0 Å². The van der Waals surface area contributed by atoms with Crippen LogP contribution < -0.4 is 0 Å². The minimum Gasteiger partial charge on any atom is -0.341 e. The van der Waals surface area contributed by atoms with Crippen LogP contribution in [0.4, 0.5) is 0 Å². The Balaban J connectivity index is 1.45. The van der Waals surface area contributed by atoms with Gasteiger partial charge in [-0.3, -0.25) is 4.98 Å². The summed E-state index contributed by atoms with van der Waals surface area (Å²) in [7, 11) is 0. The predicted molar refractivity (Wildman–Crippen MR) is 150 cm³/mol. The number of imidazole rings is 2. The summed E-state index contributed by atoms with van der Waals surface area (Å²) < 4.78 is 0. The first kappa shape index (κ1) is 21.1. The maximum Gasteiger partial charge on any atom is 0.109 e. The Bertz CT molecular complexity index is 1960. The van der Waals surface area contributed by atoms with Crippen LogP contribution in [0.2, 0.25) is 0 Å². The van der Waals surface area contributed by atoms with E-state index in [9.17, 15) is 0 Å². The third-order valence-corrected chi connectivity index (χ3v) is 7.30. The van der Waals surface area contributed by atoms with Crippen molar-refractivity contribution in [3.05, 3.63) is 78.6 Å². The van der Waals surface area contributed by atoms with Gasteiger partial charge in [0.15, 0.2) is 0 Å². The van der Waals surface area contributed by atoms with Gasteiger partial charge in [0.2, 0.25) is 0 Å². The van der Waals surface area contributed by atoms with Gasteiger partial charge in [0.25, 0.3) is 0 Å². The van der Waals surface area contributed by atoms with Gasteiger partial charge in [-0.05, 0) is 51.6 Å². The van der Waals surface area contributed by atoms with E-state index >= 15 is 0 Å².